The molecule has 28 heavy (non-hydrogen) atoms. The van der Waals surface area contributed by atoms with Gasteiger partial charge in [0.2, 0.25) is 5.43 Å². The third-order valence-electron chi connectivity index (χ3n) is 4.23. The summed E-state index contributed by atoms with van der Waals surface area (Å²) in [6.45, 7) is 4.33. The van der Waals surface area contributed by atoms with Gasteiger partial charge in [-0.2, -0.15) is 5.10 Å². The summed E-state index contributed by atoms with van der Waals surface area (Å²) in [6, 6.07) is 8.63. The maximum absolute atomic E-state index is 12.7. The Morgan fingerprint density at radius 3 is 2.86 bits per heavy atom. The highest BCUT2D eigenvalue weighted by molar-refractivity contribution is 6.34. The predicted octanol–water partition coefficient (Wildman–Crippen LogP) is 3.15. The van der Waals surface area contributed by atoms with E-state index in [2.05, 4.69) is 15.5 Å². The molecule has 1 aromatic carbocycles. The number of nitrogens with zero attached hydrogens (tertiary/aromatic N) is 3. The highest BCUT2D eigenvalue weighted by atomic mass is 35.5. The highest BCUT2D eigenvalue weighted by Crippen LogP contribution is 2.26. The molecule has 0 unspecified atom stereocenters. The summed E-state index contributed by atoms with van der Waals surface area (Å²) in [4.78, 5) is 29.7. The predicted molar refractivity (Wildman–Crippen MR) is 109 cm³/mol. The summed E-state index contributed by atoms with van der Waals surface area (Å²) in [5.74, 6) is -0.106. The van der Waals surface area contributed by atoms with Crippen molar-refractivity contribution in [1.29, 1.82) is 0 Å². The minimum Gasteiger partial charge on any atom is -0.495 e. The van der Waals surface area contributed by atoms with Crippen molar-refractivity contribution in [1.82, 2.24) is 15.0 Å². The second-order valence-corrected chi connectivity index (χ2v) is 6.42. The van der Waals surface area contributed by atoms with Crippen molar-refractivity contribution in [3.05, 3.63) is 68.6 Å². The molecule has 0 atom stereocenters. The van der Waals surface area contributed by atoms with Gasteiger partial charge in [-0.25, -0.2) is 10.4 Å². The Morgan fingerprint density at radius 2 is 2.14 bits per heavy atom. The maximum Gasteiger partial charge on any atom is 0.276 e. The van der Waals surface area contributed by atoms with Gasteiger partial charge in [-0.15, -0.1) is 0 Å². The van der Waals surface area contributed by atoms with E-state index in [0.717, 1.165) is 5.69 Å². The smallest absolute Gasteiger partial charge is 0.276 e. The van der Waals surface area contributed by atoms with Crippen LogP contribution >= 0.6 is 11.6 Å². The van der Waals surface area contributed by atoms with E-state index < -0.39 is 5.91 Å². The second-order valence-electron chi connectivity index (χ2n) is 6.04. The normalized spacial score (nSPS) is 11.1. The number of nitrogens with one attached hydrogen (secondary N) is 1. The molecule has 1 N–H and O–H groups in total. The highest BCUT2D eigenvalue weighted by Gasteiger charge is 2.15. The van der Waals surface area contributed by atoms with Crippen molar-refractivity contribution in [3.63, 3.8) is 0 Å². The lowest BCUT2D eigenvalue weighted by atomic mass is 10.1. The van der Waals surface area contributed by atoms with Gasteiger partial charge in [-0.1, -0.05) is 23.7 Å². The number of halogens is 1. The molecule has 0 radical (unpaired) electrons. The van der Waals surface area contributed by atoms with E-state index in [1.165, 1.54) is 19.5 Å². The minimum atomic E-state index is -0.607. The van der Waals surface area contributed by atoms with Crippen molar-refractivity contribution in [2.75, 3.05) is 7.11 Å². The number of aromatic nitrogens is 2. The molecule has 0 fully saturated rings. The van der Waals surface area contributed by atoms with Gasteiger partial charge in [-0.3, -0.25) is 9.59 Å². The largest absolute Gasteiger partial charge is 0.495 e. The molecule has 144 valence electrons. The Hall–Kier alpha value is -3.19. The maximum atomic E-state index is 12.7. The summed E-state index contributed by atoms with van der Waals surface area (Å²) < 4.78 is 6.91. The van der Waals surface area contributed by atoms with Crippen LogP contribution in [0.25, 0.3) is 11.0 Å². The number of amides is 1. The zero-order valence-electron chi connectivity index (χ0n) is 15.7. The topological polar surface area (TPSA) is 85.6 Å². The SMILES string of the molecule is CCn1cc(C(=O)N/N=C/c2cccc(OC)c2Cl)c(=O)c2ccc(C)nc21. The van der Waals surface area contributed by atoms with Crippen LogP contribution in [0.5, 0.6) is 5.75 Å². The summed E-state index contributed by atoms with van der Waals surface area (Å²) in [6.07, 6.45) is 2.90. The quantitative estimate of drug-likeness (QED) is 0.528. The molecule has 0 saturated carbocycles. The molecule has 0 aliphatic heterocycles. The number of hydrazone groups is 1. The fourth-order valence-electron chi connectivity index (χ4n) is 2.77. The lowest BCUT2D eigenvalue weighted by molar-refractivity contribution is 0.0953. The summed E-state index contributed by atoms with van der Waals surface area (Å²) in [5, 5.41) is 4.68. The van der Waals surface area contributed by atoms with E-state index in [0.29, 0.717) is 33.9 Å². The van der Waals surface area contributed by atoms with Gasteiger partial charge in [-0.05, 0) is 32.0 Å². The molecule has 0 aliphatic carbocycles. The minimum absolute atomic E-state index is 0.00566. The molecule has 0 saturated heterocycles. The second kappa shape index (κ2) is 8.22. The van der Waals surface area contributed by atoms with Crippen LogP contribution < -0.4 is 15.6 Å². The van der Waals surface area contributed by atoms with E-state index >= 15 is 0 Å². The molecule has 7 nitrogen and oxygen atoms in total. The molecule has 8 heteroatoms. The molecule has 0 bridgehead atoms. The molecule has 0 aliphatic rings. The van der Waals surface area contributed by atoms with Crippen LogP contribution in [0.4, 0.5) is 0 Å². The average Bonchev–Trinajstić information content (AvgIpc) is 2.69. The molecule has 2 aromatic heterocycles. The van der Waals surface area contributed by atoms with Crippen molar-refractivity contribution in [3.8, 4) is 5.75 Å². The first-order valence-electron chi connectivity index (χ1n) is 8.63. The standard InChI is InChI=1S/C20H19ClN4O3/c1-4-25-11-15(18(26)14-9-8-12(2)23-19(14)25)20(27)24-22-10-13-6-5-7-16(28-3)17(13)21/h5-11H,4H2,1-3H3,(H,24,27)/b22-10+. The van der Waals surface area contributed by atoms with Gasteiger partial charge in [0, 0.05) is 24.0 Å². The van der Waals surface area contributed by atoms with Crippen LogP contribution in [0.2, 0.25) is 5.02 Å². The van der Waals surface area contributed by atoms with Gasteiger partial charge in [0.05, 0.1) is 23.7 Å². The molecule has 0 spiro atoms. The first-order chi connectivity index (χ1) is 13.5. The number of pyridine rings is 2. The number of aryl methyl sites for hydroxylation is 2. The summed E-state index contributed by atoms with van der Waals surface area (Å²) >= 11 is 6.19. The van der Waals surface area contributed by atoms with E-state index in [9.17, 15) is 9.59 Å². The number of rotatable bonds is 5. The monoisotopic (exact) mass is 398 g/mol. The molecule has 1 amide bonds. The molecule has 2 heterocycles. The Kier molecular flexibility index (Phi) is 5.75. The number of fused-ring (bicyclic) bond motifs is 1. The molecular formula is C20H19ClN4O3. The Bertz CT molecular complexity index is 1140. The average molecular weight is 399 g/mol. The number of carbonyl (C=O) groups excluding carboxylic acids is 1. The molecular weight excluding hydrogens is 380 g/mol. The Morgan fingerprint density at radius 1 is 1.36 bits per heavy atom. The number of carbonyl (C=O) groups is 1. The Balaban J connectivity index is 1.91. The Labute approximate surface area is 166 Å². The van der Waals surface area contributed by atoms with Crippen molar-refractivity contribution in [2.24, 2.45) is 5.10 Å². The fraction of sp³-hybridized carbons (Fsp3) is 0.200. The fourth-order valence-corrected chi connectivity index (χ4v) is 3.02. The van der Waals surface area contributed by atoms with Crippen LogP contribution in [-0.2, 0) is 6.54 Å². The summed E-state index contributed by atoms with van der Waals surface area (Å²) in [7, 11) is 1.51. The van der Waals surface area contributed by atoms with Crippen molar-refractivity contribution >= 4 is 34.8 Å². The van der Waals surface area contributed by atoms with Crippen molar-refractivity contribution < 1.29 is 9.53 Å². The first-order valence-corrected chi connectivity index (χ1v) is 9.00. The van der Waals surface area contributed by atoms with Crippen LogP contribution in [0.15, 0.2) is 46.4 Å². The van der Waals surface area contributed by atoms with Gasteiger partial charge in [0.1, 0.15) is 17.0 Å². The number of hydrogen-bond donors (Lipinski definition) is 1. The van der Waals surface area contributed by atoms with Crippen molar-refractivity contribution in [2.45, 2.75) is 20.4 Å². The number of ether oxygens (including phenoxy) is 1. The lowest BCUT2D eigenvalue weighted by Gasteiger charge is -2.10. The van der Waals surface area contributed by atoms with E-state index in [4.69, 9.17) is 16.3 Å². The van der Waals surface area contributed by atoms with Gasteiger partial charge in [0.25, 0.3) is 5.91 Å². The van der Waals surface area contributed by atoms with Gasteiger partial charge in [0.15, 0.2) is 0 Å². The first kappa shape index (κ1) is 19.6. The molecule has 3 aromatic rings. The van der Waals surface area contributed by atoms with Crippen LogP contribution in [0.3, 0.4) is 0 Å². The molecule has 3 rings (SSSR count). The number of methoxy groups -OCH3 is 1. The van der Waals surface area contributed by atoms with E-state index in [1.54, 1.807) is 34.9 Å². The van der Waals surface area contributed by atoms with E-state index in [-0.39, 0.29) is 11.0 Å². The summed E-state index contributed by atoms with van der Waals surface area (Å²) in [5.41, 5.74) is 3.91. The van der Waals surface area contributed by atoms with Crippen LogP contribution in [0.1, 0.15) is 28.5 Å². The van der Waals surface area contributed by atoms with Crippen LogP contribution in [-0.4, -0.2) is 28.8 Å². The lowest BCUT2D eigenvalue weighted by Crippen LogP contribution is -2.27. The zero-order valence-corrected chi connectivity index (χ0v) is 16.4. The van der Waals surface area contributed by atoms with E-state index in [1.807, 2.05) is 13.8 Å². The third-order valence-corrected chi connectivity index (χ3v) is 4.63. The third kappa shape index (κ3) is 3.75. The van der Waals surface area contributed by atoms with Gasteiger partial charge >= 0.3 is 0 Å². The zero-order chi connectivity index (χ0) is 20.3. The number of hydrogen-bond acceptors (Lipinski definition) is 5. The van der Waals surface area contributed by atoms with Gasteiger partial charge < -0.3 is 9.30 Å². The van der Waals surface area contributed by atoms with Crippen LogP contribution in [0, 0.1) is 6.92 Å². The number of benzene rings is 1.